The van der Waals surface area contributed by atoms with Gasteiger partial charge in [0.15, 0.2) is 9.84 Å². The van der Waals surface area contributed by atoms with Gasteiger partial charge >= 0.3 is 0 Å². The number of sulfone groups is 1. The van der Waals surface area contributed by atoms with E-state index in [1.54, 1.807) is 18.2 Å². The number of nitrogen functional groups attached to an aromatic ring is 1. The zero-order valence-electron chi connectivity index (χ0n) is 10.1. The van der Waals surface area contributed by atoms with Gasteiger partial charge in [0.1, 0.15) is 0 Å². The molecule has 0 unspecified atom stereocenters. The predicted molar refractivity (Wildman–Crippen MR) is 69.7 cm³/mol. The van der Waals surface area contributed by atoms with Crippen LogP contribution in [0, 0.1) is 6.92 Å². The third kappa shape index (κ3) is 2.46. The molecular weight excluding hydrogens is 234 g/mol. The van der Waals surface area contributed by atoms with Gasteiger partial charge < -0.3 is 5.73 Å². The Kier molecular flexibility index (Phi) is 3.43. The lowest BCUT2D eigenvalue weighted by Crippen LogP contribution is -2.24. The van der Waals surface area contributed by atoms with Crippen LogP contribution in [0.25, 0.3) is 0 Å². The van der Waals surface area contributed by atoms with E-state index in [1.807, 2.05) is 6.92 Å². The van der Waals surface area contributed by atoms with Crippen molar-refractivity contribution in [3.63, 3.8) is 0 Å². The third-order valence-electron chi connectivity index (χ3n) is 3.51. The van der Waals surface area contributed by atoms with Gasteiger partial charge in [-0.2, -0.15) is 0 Å². The first-order valence-electron chi connectivity index (χ1n) is 6.12. The number of anilines is 1. The molecule has 17 heavy (non-hydrogen) atoms. The van der Waals surface area contributed by atoms with E-state index >= 15 is 0 Å². The Morgan fingerprint density at radius 1 is 1.18 bits per heavy atom. The molecule has 0 saturated heterocycles. The van der Waals surface area contributed by atoms with Crippen molar-refractivity contribution in [3.8, 4) is 0 Å². The lowest BCUT2D eigenvalue weighted by Gasteiger charge is -2.22. The molecule has 4 heteroatoms. The summed E-state index contributed by atoms with van der Waals surface area (Å²) in [5, 5.41) is -0.211. The Labute approximate surface area is 103 Å². The molecule has 0 amide bonds. The van der Waals surface area contributed by atoms with Crippen LogP contribution in [0.2, 0.25) is 0 Å². The highest BCUT2D eigenvalue weighted by molar-refractivity contribution is 7.92. The third-order valence-corrected chi connectivity index (χ3v) is 5.91. The van der Waals surface area contributed by atoms with Crippen LogP contribution >= 0.6 is 0 Å². The molecule has 1 aliphatic carbocycles. The summed E-state index contributed by atoms with van der Waals surface area (Å²) < 4.78 is 25.0. The highest BCUT2D eigenvalue weighted by Crippen LogP contribution is 2.30. The van der Waals surface area contributed by atoms with Gasteiger partial charge in [-0.15, -0.1) is 0 Å². The SMILES string of the molecule is Cc1ccc(N)cc1S(=O)(=O)C1CCCCC1. The highest BCUT2D eigenvalue weighted by Gasteiger charge is 2.29. The minimum atomic E-state index is -3.20. The number of rotatable bonds is 2. The Hall–Kier alpha value is -1.03. The average Bonchev–Trinajstić information content (AvgIpc) is 2.33. The summed E-state index contributed by atoms with van der Waals surface area (Å²) >= 11 is 0. The van der Waals surface area contributed by atoms with Crippen LogP contribution < -0.4 is 5.73 Å². The largest absolute Gasteiger partial charge is 0.399 e. The molecule has 0 aliphatic heterocycles. The molecule has 0 atom stereocenters. The smallest absolute Gasteiger partial charge is 0.181 e. The lowest BCUT2D eigenvalue weighted by atomic mass is 10.0. The minimum Gasteiger partial charge on any atom is -0.399 e. The molecule has 0 aromatic heterocycles. The summed E-state index contributed by atoms with van der Waals surface area (Å²) in [6.45, 7) is 1.83. The standard InChI is InChI=1S/C13H19NO2S/c1-10-7-8-11(14)9-13(10)17(15,16)12-5-3-2-4-6-12/h7-9,12H,2-6,14H2,1H3. The van der Waals surface area contributed by atoms with Crippen molar-refractivity contribution >= 4 is 15.5 Å². The molecular formula is C13H19NO2S. The first kappa shape index (κ1) is 12.4. The van der Waals surface area contributed by atoms with Crippen LogP contribution in [0.3, 0.4) is 0 Å². The first-order chi connectivity index (χ1) is 8.01. The van der Waals surface area contributed by atoms with E-state index in [4.69, 9.17) is 5.73 Å². The second kappa shape index (κ2) is 4.69. The maximum absolute atomic E-state index is 12.5. The van der Waals surface area contributed by atoms with E-state index in [9.17, 15) is 8.42 Å². The van der Waals surface area contributed by atoms with E-state index in [0.29, 0.717) is 10.6 Å². The molecule has 3 nitrogen and oxygen atoms in total. The van der Waals surface area contributed by atoms with Gasteiger partial charge in [-0.25, -0.2) is 8.42 Å². The second-order valence-electron chi connectivity index (χ2n) is 4.83. The normalized spacial score (nSPS) is 18.2. The van der Waals surface area contributed by atoms with Crippen molar-refractivity contribution in [2.24, 2.45) is 0 Å². The summed E-state index contributed by atoms with van der Waals surface area (Å²) in [6, 6.07) is 5.12. The van der Waals surface area contributed by atoms with Crippen molar-refractivity contribution in [2.75, 3.05) is 5.73 Å². The van der Waals surface area contributed by atoms with E-state index in [0.717, 1.165) is 37.7 Å². The molecule has 0 bridgehead atoms. The zero-order valence-corrected chi connectivity index (χ0v) is 11.0. The summed E-state index contributed by atoms with van der Waals surface area (Å²) in [7, 11) is -3.20. The predicted octanol–water partition coefficient (Wildman–Crippen LogP) is 2.68. The second-order valence-corrected chi connectivity index (χ2v) is 7.03. The van der Waals surface area contributed by atoms with Crippen LogP contribution in [-0.4, -0.2) is 13.7 Å². The quantitative estimate of drug-likeness (QED) is 0.824. The van der Waals surface area contributed by atoms with Crippen molar-refractivity contribution < 1.29 is 8.42 Å². The topological polar surface area (TPSA) is 60.2 Å². The van der Waals surface area contributed by atoms with Crippen LogP contribution in [0.15, 0.2) is 23.1 Å². The van der Waals surface area contributed by atoms with Crippen LogP contribution in [0.1, 0.15) is 37.7 Å². The number of nitrogens with two attached hydrogens (primary N) is 1. The lowest BCUT2D eigenvalue weighted by molar-refractivity contribution is 0.483. The maximum atomic E-state index is 12.5. The van der Waals surface area contributed by atoms with Crippen LogP contribution in [0.4, 0.5) is 5.69 Å². The average molecular weight is 253 g/mol. The number of hydrogen-bond acceptors (Lipinski definition) is 3. The Bertz CT molecular complexity index is 502. The molecule has 2 N–H and O–H groups in total. The monoisotopic (exact) mass is 253 g/mol. The fraction of sp³-hybridized carbons (Fsp3) is 0.538. The molecule has 1 aromatic carbocycles. The number of aryl methyl sites for hydroxylation is 1. The summed E-state index contributed by atoms with van der Waals surface area (Å²) in [6.07, 6.45) is 4.77. The molecule has 1 fully saturated rings. The summed E-state index contributed by atoms with van der Waals surface area (Å²) in [4.78, 5) is 0.421. The Morgan fingerprint density at radius 3 is 2.47 bits per heavy atom. The first-order valence-corrected chi connectivity index (χ1v) is 7.66. The zero-order chi connectivity index (χ0) is 12.5. The number of hydrogen-bond donors (Lipinski definition) is 1. The van der Waals surface area contributed by atoms with Crippen molar-refractivity contribution in [1.29, 1.82) is 0 Å². The van der Waals surface area contributed by atoms with Crippen molar-refractivity contribution in [1.82, 2.24) is 0 Å². The van der Waals surface area contributed by atoms with Crippen LogP contribution in [0.5, 0.6) is 0 Å². The van der Waals surface area contributed by atoms with Gasteiger partial charge in [0, 0.05) is 5.69 Å². The summed E-state index contributed by atoms with van der Waals surface area (Å²) in [5.41, 5.74) is 7.00. The van der Waals surface area contributed by atoms with E-state index in [1.165, 1.54) is 0 Å². The number of benzene rings is 1. The van der Waals surface area contributed by atoms with Gasteiger partial charge in [0.25, 0.3) is 0 Å². The fourth-order valence-corrected chi connectivity index (χ4v) is 4.61. The minimum absolute atomic E-state index is 0.211. The van der Waals surface area contributed by atoms with Crippen molar-refractivity contribution in [3.05, 3.63) is 23.8 Å². The fourth-order valence-electron chi connectivity index (χ4n) is 2.48. The molecule has 1 saturated carbocycles. The Morgan fingerprint density at radius 2 is 1.82 bits per heavy atom. The summed E-state index contributed by atoms with van der Waals surface area (Å²) in [5.74, 6) is 0. The molecule has 0 heterocycles. The van der Waals surface area contributed by atoms with Gasteiger partial charge in [-0.3, -0.25) is 0 Å². The van der Waals surface area contributed by atoms with Gasteiger partial charge in [0.2, 0.25) is 0 Å². The molecule has 1 aliphatic rings. The van der Waals surface area contributed by atoms with Crippen molar-refractivity contribution in [2.45, 2.75) is 49.2 Å². The maximum Gasteiger partial charge on any atom is 0.181 e. The highest BCUT2D eigenvalue weighted by atomic mass is 32.2. The van der Waals surface area contributed by atoms with E-state index in [2.05, 4.69) is 0 Å². The van der Waals surface area contributed by atoms with Gasteiger partial charge in [-0.1, -0.05) is 25.3 Å². The molecule has 1 aromatic rings. The molecule has 2 rings (SSSR count). The van der Waals surface area contributed by atoms with Gasteiger partial charge in [-0.05, 0) is 37.5 Å². The van der Waals surface area contributed by atoms with E-state index < -0.39 is 9.84 Å². The van der Waals surface area contributed by atoms with Gasteiger partial charge in [0.05, 0.1) is 10.1 Å². The Balaban J connectivity index is 2.40. The van der Waals surface area contributed by atoms with Crippen LogP contribution in [-0.2, 0) is 9.84 Å². The van der Waals surface area contributed by atoms with E-state index in [-0.39, 0.29) is 5.25 Å². The molecule has 0 spiro atoms. The molecule has 0 radical (unpaired) electrons. The molecule has 94 valence electrons.